The van der Waals surface area contributed by atoms with Gasteiger partial charge in [-0.1, -0.05) is 52.0 Å². The van der Waals surface area contributed by atoms with E-state index in [0.717, 1.165) is 11.1 Å². The highest BCUT2D eigenvalue weighted by molar-refractivity contribution is 8.00. The molecule has 0 radical (unpaired) electrons. The molecule has 0 unspecified atom stereocenters. The molecule has 2 aromatic carbocycles. The van der Waals surface area contributed by atoms with Crippen molar-refractivity contribution in [3.05, 3.63) is 59.7 Å². The number of alkyl halides is 6. The molecular formula is C22H24F6OS2. The van der Waals surface area contributed by atoms with Crippen molar-refractivity contribution in [2.45, 2.75) is 59.3 Å². The number of thioether (sulfide) groups is 2. The molecule has 0 bridgehead atoms. The predicted octanol–water partition coefficient (Wildman–Crippen LogP) is 8.18. The van der Waals surface area contributed by atoms with Gasteiger partial charge in [0.2, 0.25) is 0 Å². The summed E-state index contributed by atoms with van der Waals surface area (Å²) in [5.74, 6) is 0. The van der Waals surface area contributed by atoms with E-state index in [1.54, 1.807) is 24.3 Å². The summed E-state index contributed by atoms with van der Waals surface area (Å²) in [6.45, 7) is 8.43. The van der Waals surface area contributed by atoms with Gasteiger partial charge in [0, 0.05) is 20.6 Å². The van der Waals surface area contributed by atoms with Crippen molar-refractivity contribution >= 4 is 23.5 Å². The van der Waals surface area contributed by atoms with Crippen LogP contribution in [0.2, 0.25) is 0 Å². The van der Waals surface area contributed by atoms with Gasteiger partial charge in [-0.2, -0.15) is 26.3 Å². The van der Waals surface area contributed by atoms with Crippen LogP contribution >= 0.6 is 23.5 Å². The summed E-state index contributed by atoms with van der Waals surface area (Å²) in [6.07, 6.45) is 0. The van der Waals surface area contributed by atoms with Gasteiger partial charge in [0.15, 0.2) is 0 Å². The highest BCUT2D eigenvalue weighted by Gasteiger charge is 2.31. The number of hydrogen-bond donors (Lipinski definition) is 0. The second-order valence-electron chi connectivity index (χ2n) is 8.40. The van der Waals surface area contributed by atoms with E-state index in [2.05, 4.69) is 0 Å². The molecule has 0 saturated heterocycles. The summed E-state index contributed by atoms with van der Waals surface area (Å²) in [4.78, 5) is 0.252. The summed E-state index contributed by atoms with van der Waals surface area (Å²) < 4.78 is 80.8. The molecule has 0 aliphatic carbocycles. The first-order valence-corrected chi connectivity index (χ1v) is 11.0. The molecule has 0 aliphatic rings. The molecule has 0 aliphatic heterocycles. The second kappa shape index (κ2) is 9.67. The molecule has 2 aromatic rings. The van der Waals surface area contributed by atoms with Crippen LogP contribution in [-0.2, 0) is 15.6 Å². The first-order valence-electron chi connectivity index (χ1n) is 9.38. The fourth-order valence-corrected chi connectivity index (χ4v) is 4.02. The molecular weight excluding hydrogens is 458 g/mol. The van der Waals surface area contributed by atoms with Crippen LogP contribution in [0.25, 0.3) is 0 Å². The van der Waals surface area contributed by atoms with Crippen LogP contribution in [0.4, 0.5) is 26.3 Å². The van der Waals surface area contributed by atoms with Gasteiger partial charge in [-0.3, -0.25) is 0 Å². The lowest BCUT2D eigenvalue weighted by Gasteiger charge is -2.30. The Hall–Kier alpha value is -1.32. The Kier molecular flexibility index (Phi) is 8.09. The largest absolute Gasteiger partial charge is 0.446 e. The normalized spacial score (nSPS) is 13.5. The Bertz CT molecular complexity index is 769. The molecule has 0 spiro atoms. The van der Waals surface area contributed by atoms with E-state index < -0.39 is 21.8 Å². The van der Waals surface area contributed by atoms with Crippen molar-refractivity contribution in [1.82, 2.24) is 0 Å². The smallest absolute Gasteiger partial charge is 0.380 e. The SMILES string of the molecule is CC(C)(COCC(C)(C)c1ccc(SC(F)(F)F)cc1)c1ccc(SC(F)(F)F)cc1. The summed E-state index contributed by atoms with van der Waals surface area (Å²) in [6, 6.07) is 12.4. The predicted molar refractivity (Wildman–Crippen MR) is 114 cm³/mol. The fraction of sp³-hybridized carbons (Fsp3) is 0.455. The van der Waals surface area contributed by atoms with E-state index in [1.165, 1.54) is 24.3 Å². The zero-order chi connectivity index (χ0) is 23.5. The van der Waals surface area contributed by atoms with Crippen molar-refractivity contribution in [3.8, 4) is 0 Å². The summed E-state index contributed by atoms with van der Waals surface area (Å²) >= 11 is -0.305. The first-order chi connectivity index (χ1) is 14.1. The maximum Gasteiger partial charge on any atom is 0.446 e. The van der Waals surface area contributed by atoms with Crippen molar-refractivity contribution in [3.63, 3.8) is 0 Å². The molecule has 0 atom stereocenters. The van der Waals surface area contributed by atoms with Gasteiger partial charge in [0.1, 0.15) is 0 Å². The molecule has 0 amide bonds. The molecule has 0 fully saturated rings. The fourth-order valence-electron chi connectivity index (χ4n) is 2.94. The zero-order valence-corrected chi connectivity index (χ0v) is 19.2. The van der Waals surface area contributed by atoms with Gasteiger partial charge in [-0.25, -0.2) is 0 Å². The average Bonchev–Trinajstić information content (AvgIpc) is 2.59. The Morgan fingerprint density at radius 3 is 1.13 bits per heavy atom. The third-order valence-corrected chi connectivity index (χ3v) is 6.14. The summed E-state index contributed by atoms with van der Waals surface area (Å²) in [7, 11) is 0. The highest BCUT2D eigenvalue weighted by atomic mass is 32.2. The quantitative estimate of drug-likeness (QED) is 0.277. The van der Waals surface area contributed by atoms with E-state index in [0.29, 0.717) is 13.2 Å². The Balaban J connectivity index is 1.95. The van der Waals surface area contributed by atoms with Gasteiger partial charge in [0.25, 0.3) is 0 Å². The topological polar surface area (TPSA) is 9.23 Å². The van der Waals surface area contributed by atoms with E-state index in [4.69, 9.17) is 4.74 Å². The molecule has 1 nitrogen and oxygen atoms in total. The van der Waals surface area contributed by atoms with Crippen LogP contribution in [0.1, 0.15) is 38.8 Å². The van der Waals surface area contributed by atoms with E-state index in [9.17, 15) is 26.3 Å². The van der Waals surface area contributed by atoms with Crippen LogP contribution < -0.4 is 0 Å². The molecule has 2 rings (SSSR count). The number of rotatable bonds is 8. The highest BCUT2D eigenvalue weighted by Crippen LogP contribution is 2.39. The van der Waals surface area contributed by atoms with Crippen LogP contribution in [-0.4, -0.2) is 24.2 Å². The lowest BCUT2D eigenvalue weighted by molar-refractivity contribution is -0.0337. The van der Waals surface area contributed by atoms with Crippen molar-refractivity contribution in [2.24, 2.45) is 0 Å². The molecule has 9 heteroatoms. The minimum absolute atomic E-state index is 0.126. The third-order valence-electron chi connectivity index (χ3n) is 4.66. The van der Waals surface area contributed by atoms with Crippen LogP contribution in [0, 0.1) is 0 Å². The molecule has 0 heterocycles. The number of hydrogen-bond acceptors (Lipinski definition) is 3. The third kappa shape index (κ3) is 8.61. The summed E-state index contributed by atoms with van der Waals surface area (Å²) in [5, 5.41) is 0. The number of halogens is 6. The monoisotopic (exact) mass is 482 g/mol. The van der Waals surface area contributed by atoms with Gasteiger partial charge >= 0.3 is 11.0 Å². The number of ether oxygens (including phenoxy) is 1. The standard InChI is InChI=1S/C22H24F6OS2/c1-19(2,15-5-9-17(10-6-15)30-21(23,24)25)13-29-14-20(3,4)16-7-11-18(12-8-16)31-22(26,27)28/h5-12H,13-14H2,1-4H3. The molecule has 0 saturated carbocycles. The van der Waals surface area contributed by atoms with E-state index in [1.807, 2.05) is 27.7 Å². The average molecular weight is 483 g/mol. The van der Waals surface area contributed by atoms with Crippen molar-refractivity contribution in [1.29, 1.82) is 0 Å². The minimum Gasteiger partial charge on any atom is -0.380 e. The molecule has 31 heavy (non-hydrogen) atoms. The van der Waals surface area contributed by atoms with E-state index >= 15 is 0 Å². The Morgan fingerprint density at radius 1 is 0.581 bits per heavy atom. The van der Waals surface area contributed by atoms with Gasteiger partial charge in [-0.05, 0) is 58.9 Å². The second-order valence-corrected chi connectivity index (χ2v) is 10.7. The molecule has 0 N–H and O–H groups in total. The zero-order valence-electron chi connectivity index (χ0n) is 17.5. The van der Waals surface area contributed by atoms with Crippen molar-refractivity contribution < 1.29 is 31.1 Å². The summed E-state index contributed by atoms with van der Waals surface area (Å²) in [5.41, 5.74) is -7.80. The van der Waals surface area contributed by atoms with Crippen LogP contribution in [0.5, 0.6) is 0 Å². The van der Waals surface area contributed by atoms with Gasteiger partial charge in [0.05, 0.1) is 13.2 Å². The lowest BCUT2D eigenvalue weighted by atomic mass is 9.84. The number of benzene rings is 2. The maximum absolute atomic E-state index is 12.5. The Labute approximate surface area is 186 Å². The molecule has 172 valence electrons. The lowest BCUT2D eigenvalue weighted by Crippen LogP contribution is -2.30. The first kappa shape index (κ1) is 25.9. The van der Waals surface area contributed by atoms with Crippen LogP contribution in [0.3, 0.4) is 0 Å². The van der Waals surface area contributed by atoms with E-state index in [-0.39, 0.29) is 33.3 Å². The van der Waals surface area contributed by atoms with Crippen molar-refractivity contribution in [2.75, 3.05) is 13.2 Å². The van der Waals surface area contributed by atoms with Crippen LogP contribution in [0.15, 0.2) is 58.3 Å². The van der Waals surface area contributed by atoms with Gasteiger partial charge in [-0.15, -0.1) is 0 Å². The minimum atomic E-state index is -4.32. The van der Waals surface area contributed by atoms with Gasteiger partial charge < -0.3 is 4.74 Å². The molecule has 0 aromatic heterocycles. The maximum atomic E-state index is 12.5. The Morgan fingerprint density at radius 2 is 0.871 bits per heavy atom.